The number of nitrogens with zero attached hydrogens (tertiary/aromatic N) is 1. The summed E-state index contributed by atoms with van der Waals surface area (Å²) in [6.07, 6.45) is 1.14. The van der Waals surface area contributed by atoms with Gasteiger partial charge in [-0.2, -0.15) is 0 Å². The van der Waals surface area contributed by atoms with Gasteiger partial charge in [0.1, 0.15) is 11.3 Å². The molecule has 1 aromatic carbocycles. The first kappa shape index (κ1) is 11.4. The lowest BCUT2D eigenvalue weighted by atomic mass is 9.93. The molecular weight excluding hydrogens is 228 g/mol. The van der Waals surface area contributed by atoms with Crippen molar-refractivity contribution in [2.45, 2.75) is 38.8 Å². The quantitative estimate of drug-likeness (QED) is 0.837. The van der Waals surface area contributed by atoms with Gasteiger partial charge < -0.3 is 9.73 Å². The number of aromatic nitrogens is 1. The summed E-state index contributed by atoms with van der Waals surface area (Å²) in [4.78, 5) is 16.0. The van der Waals surface area contributed by atoms with Crippen molar-refractivity contribution >= 4 is 16.9 Å². The van der Waals surface area contributed by atoms with Crippen LogP contribution in [0.3, 0.4) is 0 Å². The molecule has 0 spiro atoms. The van der Waals surface area contributed by atoms with Crippen molar-refractivity contribution in [3.8, 4) is 0 Å². The lowest BCUT2D eigenvalue weighted by Gasteiger charge is -2.28. The van der Waals surface area contributed by atoms with Crippen LogP contribution in [0.2, 0.25) is 0 Å². The van der Waals surface area contributed by atoms with E-state index in [1.54, 1.807) is 0 Å². The molecule has 1 saturated heterocycles. The molecule has 1 aliphatic heterocycles. The predicted octanol–water partition coefficient (Wildman–Crippen LogP) is 2.52. The van der Waals surface area contributed by atoms with Gasteiger partial charge in [-0.3, -0.25) is 4.79 Å². The fourth-order valence-corrected chi connectivity index (χ4v) is 2.67. The molecule has 94 valence electrons. The van der Waals surface area contributed by atoms with E-state index in [0.29, 0.717) is 24.5 Å². The van der Waals surface area contributed by atoms with E-state index in [0.717, 1.165) is 16.7 Å². The number of oxazole rings is 1. The maximum absolute atomic E-state index is 11.7. The second kappa shape index (κ2) is 4.21. The zero-order valence-corrected chi connectivity index (χ0v) is 10.6. The molecule has 0 amide bonds. The molecule has 1 fully saturated rings. The van der Waals surface area contributed by atoms with Gasteiger partial charge in [-0.1, -0.05) is 12.1 Å². The third-order valence-electron chi connectivity index (χ3n) is 3.38. The highest BCUT2D eigenvalue weighted by Crippen LogP contribution is 2.30. The highest BCUT2D eigenvalue weighted by molar-refractivity contribution is 5.83. The number of benzene rings is 1. The van der Waals surface area contributed by atoms with Gasteiger partial charge >= 0.3 is 0 Å². The molecule has 2 aromatic rings. The average Bonchev–Trinajstić information content (AvgIpc) is 2.67. The number of ketones is 1. The Morgan fingerprint density at radius 3 is 3.00 bits per heavy atom. The highest BCUT2D eigenvalue weighted by Gasteiger charge is 2.27. The number of para-hydroxylation sites is 1. The summed E-state index contributed by atoms with van der Waals surface area (Å²) >= 11 is 0. The first-order chi connectivity index (χ1) is 8.63. The lowest BCUT2D eigenvalue weighted by molar-refractivity contribution is -0.121. The first-order valence-electron chi connectivity index (χ1n) is 6.27. The van der Waals surface area contributed by atoms with Crippen LogP contribution < -0.4 is 5.32 Å². The average molecular weight is 244 g/mol. The van der Waals surface area contributed by atoms with Crippen molar-refractivity contribution in [1.29, 1.82) is 0 Å². The van der Waals surface area contributed by atoms with Gasteiger partial charge in [0.25, 0.3) is 0 Å². The second-order valence-corrected chi connectivity index (χ2v) is 5.00. The SMILES string of the molecule is Cc1nc2cccc(C3CC(=O)CC(C)N3)c2o1. The number of piperidine rings is 1. The summed E-state index contributed by atoms with van der Waals surface area (Å²) in [7, 11) is 0. The Kier molecular flexibility index (Phi) is 2.67. The van der Waals surface area contributed by atoms with E-state index < -0.39 is 0 Å². The Labute approximate surface area is 105 Å². The number of Topliss-reactive ketones (excluding diaryl/α,β-unsaturated/α-hetero) is 1. The monoisotopic (exact) mass is 244 g/mol. The Bertz CT molecular complexity index is 603. The van der Waals surface area contributed by atoms with Crippen LogP contribution in [0.25, 0.3) is 11.1 Å². The Hall–Kier alpha value is -1.68. The van der Waals surface area contributed by atoms with Crippen LogP contribution in [0.5, 0.6) is 0 Å². The number of hydrogen-bond donors (Lipinski definition) is 1. The zero-order chi connectivity index (χ0) is 12.7. The lowest BCUT2D eigenvalue weighted by Crippen LogP contribution is -2.38. The third-order valence-corrected chi connectivity index (χ3v) is 3.38. The van der Waals surface area contributed by atoms with Crippen molar-refractivity contribution in [3.05, 3.63) is 29.7 Å². The summed E-state index contributed by atoms with van der Waals surface area (Å²) in [6.45, 7) is 3.88. The van der Waals surface area contributed by atoms with Crippen LogP contribution in [0.15, 0.2) is 22.6 Å². The molecule has 3 rings (SSSR count). The van der Waals surface area contributed by atoms with Crippen molar-refractivity contribution in [1.82, 2.24) is 10.3 Å². The van der Waals surface area contributed by atoms with Crippen molar-refractivity contribution in [2.75, 3.05) is 0 Å². The van der Waals surface area contributed by atoms with Gasteiger partial charge in [-0.25, -0.2) is 4.98 Å². The Morgan fingerprint density at radius 2 is 2.22 bits per heavy atom. The number of carbonyl (C=O) groups excluding carboxylic acids is 1. The summed E-state index contributed by atoms with van der Waals surface area (Å²) < 4.78 is 5.66. The van der Waals surface area contributed by atoms with Crippen LogP contribution in [0.1, 0.15) is 37.3 Å². The van der Waals surface area contributed by atoms with Crippen LogP contribution in [0, 0.1) is 6.92 Å². The van der Waals surface area contributed by atoms with Gasteiger partial charge in [-0.15, -0.1) is 0 Å². The van der Waals surface area contributed by atoms with Gasteiger partial charge in [0.05, 0.1) is 0 Å². The molecule has 2 unspecified atom stereocenters. The van der Waals surface area contributed by atoms with Crippen molar-refractivity contribution in [2.24, 2.45) is 0 Å². The van der Waals surface area contributed by atoms with E-state index in [-0.39, 0.29) is 12.1 Å². The second-order valence-electron chi connectivity index (χ2n) is 5.00. The summed E-state index contributed by atoms with van der Waals surface area (Å²) in [5.74, 6) is 0.965. The van der Waals surface area contributed by atoms with Crippen LogP contribution in [0.4, 0.5) is 0 Å². The van der Waals surface area contributed by atoms with E-state index >= 15 is 0 Å². The molecule has 1 aromatic heterocycles. The minimum Gasteiger partial charge on any atom is -0.441 e. The summed E-state index contributed by atoms with van der Waals surface area (Å²) in [5, 5.41) is 3.46. The van der Waals surface area contributed by atoms with Gasteiger partial charge in [0.15, 0.2) is 11.5 Å². The summed E-state index contributed by atoms with van der Waals surface area (Å²) in [6, 6.07) is 6.16. The molecule has 1 N–H and O–H groups in total. The van der Waals surface area contributed by atoms with Crippen molar-refractivity contribution in [3.63, 3.8) is 0 Å². The molecule has 0 aliphatic carbocycles. The number of rotatable bonds is 1. The Morgan fingerprint density at radius 1 is 1.39 bits per heavy atom. The van der Waals surface area contributed by atoms with E-state index in [1.165, 1.54) is 0 Å². The van der Waals surface area contributed by atoms with Gasteiger partial charge in [-0.05, 0) is 13.0 Å². The topological polar surface area (TPSA) is 55.1 Å². The standard InChI is InChI=1S/C14H16N2O2/c1-8-6-10(17)7-13(15-8)11-4-3-5-12-14(11)18-9(2)16-12/h3-5,8,13,15H,6-7H2,1-2H3. The zero-order valence-electron chi connectivity index (χ0n) is 10.6. The van der Waals surface area contributed by atoms with Gasteiger partial charge in [0, 0.05) is 37.4 Å². The maximum atomic E-state index is 11.7. The number of nitrogens with one attached hydrogen (secondary N) is 1. The van der Waals surface area contributed by atoms with E-state index in [4.69, 9.17) is 4.42 Å². The molecule has 18 heavy (non-hydrogen) atoms. The molecule has 2 atom stereocenters. The fraction of sp³-hybridized carbons (Fsp3) is 0.429. The third kappa shape index (κ3) is 1.93. The number of aryl methyl sites for hydroxylation is 1. The van der Waals surface area contributed by atoms with Crippen LogP contribution >= 0.6 is 0 Å². The minimum absolute atomic E-state index is 0.0392. The van der Waals surface area contributed by atoms with Crippen LogP contribution in [-0.4, -0.2) is 16.8 Å². The number of hydrogen-bond acceptors (Lipinski definition) is 4. The molecule has 1 aliphatic rings. The fourth-order valence-electron chi connectivity index (χ4n) is 2.67. The highest BCUT2D eigenvalue weighted by atomic mass is 16.3. The van der Waals surface area contributed by atoms with E-state index in [9.17, 15) is 4.79 Å². The Balaban J connectivity index is 2.05. The minimum atomic E-state index is 0.0392. The van der Waals surface area contributed by atoms with Gasteiger partial charge in [0.2, 0.25) is 0 Å². The van der Waals surface area contributed by atoms with E-state index in [1.807, 2.05) is 32.0 Å². The molecule has 0 radical (unpaired) electrons. The van der Waals surface area contributed by atoms with Crippen molar-refractivity contribution < 1.29 is 9.21 Å². The molecule has 0 bridgehead atoms. The molecule has 2 heterocycles. The maximum Gasteiger partial charge on any atom is 0.192 e. The first-order valence-corrected chi connectivity index (χ1v) is 6.27. The molecule has 4 nitrogen and oxygen atoms in total. The molecular formula is C14H16N2O2. The predicted molar refractivity (Wildman–Crippen MR) is 68.3 cm³/mol. The van der Waals surface area contributed by atoms with Crippen LogP contribution in [-0.2, 0) is 4.79 Å². The number of carbonyl (C=O) groups is 1. The summed E-state index contributed by atoms with van der Waals surface area (Å²) in [5.41, 5.74) is 2.69. The van der Waals surface area contributed by atoms with E-state index in [2.05, 4.69) is 10.3 Å². The number of fused-ring (bicyclic) bond motifs is 1. The normalized spacial score (nSPS) is 24.7. The largest absolute Gasteiger partial charge is 0.441 e. The smallest absolute Gasteiger partial charge is 0.192 e. The molecule has 0 saturated carbocycles. The molecule has 4 heteroatoms.